The number of aromatic hydroxyl groups is 1. The predicted octanol–water partition coefficient (Wildman–Crippen LogP) is 3.07. The Morgan fingerprint density at radius 3 is 2.82 bits per heavy atom. The van der Waals surface area contributed by atoms with E-state index in [0.29, 0.717) is 5.75 Å². The monoisotopic (exact) mass is 212 g/mol. The smallest absolute Gasteiger partial charge is 0.125 e. The Morgan fingerprint density at radius 2 is 2.18 bits per heavy atom. The summed E-state index contributed by atoms with van der Waals surface area (Å²) in [6.45, 7) is 1.88. The SMILES string of the molecule is Cc1cccc(/C=C/Br)c1O. The van der Waals surface area contributed by atoms with Crippen LogP contribution in [0.15, 0.2) is 23.2 Å². The van der Waals surface area contributed by atoms with Crippen LogP contribution in [0.4, 0.5) is 0 Å². The van der Waals surface area contributed by atoms with Crippen LogP contribution in [0.25, 0.3) is 6.08 Å². The summed E-state index contributed by atoms with van der Waals surface area (Å²) >= 11 is 3.15. The van der Waals surface area contributed by atoms with Crippen molar-refractivity contribution in [1.82, 2.24) is 0 Å². The Bertz CT molecular complexity index is 279. The molecule has 0 radical (unpaired) electrons. The van der Waals surface area contributed by atoms with Gasteiger partial charge >= 0.3 is 0 Å². The minimum absolute atomic E-state index is 0.350. The highest BCUT2D eigenvalue weighted by Gasteiger charge is 1.97. The van der Waals surface area contributed by atoms with Crippen LogP contribution < -0.4 is 0 Å². The van der Waals surface area contributed by atoms with Crippen LogP contribution in [0, 0.1) is 6.92 Å². The molecular formula is C9H9BrO. The molecule has 0 aliphatic rings. The second kappa shape index (κ2) is 3.58. The number of hydrogen-bond acceptors (Lipinski definition) is 1. The van der Waals surface area contributed by atoms with Gasteiger partial charge in [-0.1, -0.05) is 34.1 Å². The van der Waals surface area contributed by atoms with Gasteiger partial charge in [-0.2, -0.15) is 0 Å². The predicted molar refractivity (Wildman–Crippen MR) is 50.8 cm³/mol. The quantitative estimate of drug-likeness (QED) is 0.759. The van der Waals surface area contributed by atoms with E-state index in [2.05, 4.69) is 15.9 Å². The Hall–Kier alpha value is -0.760. The Morgan fingerprint density at radius 1 is 1.45 bits per heavy atom. The summed E-state index contributed by atoms with van der Waals surface area (Å²) in [5.41, 5.74) is 1.73. The van der Waals surface area contributed by atoms with Gasteiger partial charge in [-0.15, -0.1) is 0 Å². The van der Waals surface area contributed by atoms with Crippen LogP contribution in [-0.4, -0.2) is 5.11 Å². The lowest BCUT2D eigenvalue weighted by Gasteiger charge is -2.00. The molecule has 1 N–H and O–H groups in total. The van der Waals surface area contributed by atoms with Gasteiger partial charge in [-0.05, 0) is 23.5 Å². The molecule has 0 unspecified atom stereocenters. The van der Waals surface area contributed by atoms with Crippen molar-refractivity contribution < 1.29 is 5.11 Å². The van der Waals surface area contributed by atoms with E-state index in [1.165, 1.54) is 0 Å². The fourth-order valence-corrected chi connectivity index (χ4v) is 1.17. The molecule has 0 amide bonds. The molecule has 1 nitrogen and oxygen atoms in total. The average molecular weight is 213 g/mol. The van der Waals surface area contributed by atoms with Gasteiger partial charge < -0.3 is 5.11 Å². The summed E-state index contributed by atoms with van der Waals surface area (Å²) < 4.78 is 0. The van der Waals surface area contributed by atoms with Crippen LogP contribution in [0.1, 0.15) is 11.1 Å². The highest BCUT2D eigenvalue weighted by molar-refractivity contribution is 9.11. The molecule has 0 atom stereocenters. The van der Waals surface area contributed by atoms with Gasteiger partial charge in [0, 0.05) is 5.56 Å². The van der Waals surface area contributed by atoms with E-state index >= 15 is 0 Å². The van der Waals surface area contributed by atoms with E-state index < -0.39 is 0 Å². The maximum Gasteiger partial charge on any atom is 0.125 e. The molecule has 0 heterocycles. The number of phenolic OH excluding ortho intramolecular Hbond substituents is 1. The molecule has 2 heteroatoms. The van der Waals surface area contributed by atoms with Crippen molar-refractivity contribution in [2.24, 2.45) is 0 Å². The van der Waals surface area contributed by atoms with E-state index in [4.69, 9.17) is 0 Å². The molecule has 11 heavy (non-hydrogen) atoms. The Kier molecular flexibility index (Phi) is 2.71. The van der Waals surface area contributed by atoms with Gasteiger partial charge in [-0.25, -0.2) is 0 Å². The number of phenols is 1. The molecule has 0 saturated heterocycles. The molecule has 0 saturated carbocycles. The van der Waals surface area contributed by atoms with Crippen LogP contribution in [0.3, 0.4) is 0 Å². The maximum atomic E-state index is 9.46. The zero-order valence-corrected chi connectivity index (χ0v) is 7.80. The normalized spacial score (nSPS) is 10.7. The molecule has 58 valence electrons. The van der Waals surface area contributed by atoms with E-state index in [-0.39, 0.29) is 0 Å². The van der Waals surface area contributed by atoms with Crippen LogP contribution in [0.5, 0.6) is 5.75 Å². The van der Waals surface area contributed by atoms with Gasteiger partial charge in [0.2, 0.25) is 0 Å². The lowest BCUT2D eigenvalue weighted by Crippen LogP contribution is -1.77. The maximum absolute atomic E-state index is 9.46. The van der Waals surface area contributed by atoms with Gasteiger partial charge in [-0.3, -0.25) is 0 Å². The second-order valence-electron chi connectivity index (χ2n) is 2.31. The highest BCUT2D eigenvalue weighted by atomic mass is 79.9. The summed E-state index contributed by atoms with van der Waals surface area (Å²) in [6.07, 6.45) is 1.81. The topological polar surface area (TPSA) is 20.2 Å². The highest BCUT2D eigenvalue weighted by Crippen LogP contribution is 2.22. The minimum Gasteiger partial charge on any atom is -0.507 e. The van der Waals surface area contributed by atoms with Crippen molar-refractivity contribution in [3.63, 3.8) is 0 Å². The molecule has 0 bridgehead atoms. The third-order valence-electron chi connectivity index (χ3n) is 1.51. The Balaban J connectivity index is 3.16. The van der Waals surface area contributed by atoms with Crippen LogP contribution in [0.2, 0.25) is 0 Å². The lowest BCUT2D eigenvalue weighted by atomic mass is 10.1. The standard InChI is InChI=1S/C9H9BrO/c1-7-3-2-4-8(5-6-10)9(7)11/h2-6,11H,1H3/b6-5+. The number of aryl methyl sites for hydroxylation is 1. The fraction of sp³-hybridized carbons (Fsp3) is 0.111. The third-order valence-corrected chi connectivity index (χ3v) is 1.78. The number of halogens is 1. The first kappa shape index (κ1) is 8.34. The molecule has 1 aromatic rings. The summed E-state index contributed by atoms with van der Waals surface area (Å²) in [5.74, 6) is 0.350. The Labute approximate surface area is 74.5 Å². The molecule has 1 aromatic carbocycles. The van der Waals surface area contributed by atoms with E-state index in [0.717, 1.165) is 11.1 Å². The second-order valence-corrected chi connectivity index (χ2v) is 2.83. The number of hydrogen-bond donors (Lipinski definition) is 1. The van der Waals surface area contributed by atoms with Gasteiger partial charge in [0.1, 0.15) is 5.75 Å². The van der Waals surface area contributed by atoms with Crippen LogP contribution >= 0.6 is 15.9 Å². The van der Waals surface area contributed by atoms with E-state index in [1.807, 2.05) is 31.2 Å². The van der Waals surface area contributed by atoms with Crippen molar-refractivity contribution in [2.45, 2.75) is 6.92 Å². The third kappa shape index (κ3) is 1.84. The van der Waals surface area contributed by atoms with Crippen molar-refractivity contribution >= 4 is 22.0 Å². The summed E-state index contributed by atoms with van der Waals surface area (Å²) in [5, 5.41) is 9.46. The average Bonchev–Trinajstić information content (AvgIpc) is 1.99. The molecular weight excluding hydrogens is 204 g/mol. The van der Waals surface area contributed by atoms with E-state index in [1.54, 1.807) is 4.99 Å². The van der Waals surface area contributed by atoms with Crippen molar-refractivity contribution in [2.75, 3.05) is 0 Å². The first-order chi connectivity index (χ1) is 5.25. The zero-order valence-electron chi connectivity index (χ0n) is 6.21. The summed E-state index contributed by atoms with van der Waals surface area (Å²) in [4.78, 5) is 1.72. The number of benzene rings is 1. The van der Waals surface area contributed by atoms with E-state index in [9.17, 15) is 5.11 Å². The van der Waals surface area contributed by atoms with Crippen molar-refractivity contribution in [3.8, 4) is 5.75 Å². The molecule has 0 spiro atoms. The fourth-order valence-electron chi connectivity index (χ4n) is 0.884. The largest absolute Gasteiger partial charge is 0.507 e. The summed E-state index contributed by atoms with van der Waals surface area (Å²) in [7, 11) is 0. The molecule has 0 fully saturated rings. The molecule has 0 aliphatic heterocycles. The van der Waals surface area contributed by atoms with Crippen molar-refractivity contribution in [1.29, 1.82) is 0 Å². The zero-order chi connectivity index (χ0) is 8.27. The minimum atomic E-state index is 0.350. The van der Waals surface area contributed by atoms with Crippen molar-refractivity contribution in [3.05, 3.63) is 34.3 Å². The first-order valence-electron chi connectivity index (χ1n) is 3.31. The van der Waals surface area contributed by atoms with Gasteiger partial charge in [0.05, 0.1) is 0 Å². The number of para-hydroxylation sites is 1. The lowest BCUT2D eigenvalue weighted by molar-refractivity contribution is 0.470. The molecule has 0 aromatic heterocycles. The van der Waals surface area contributed by atoms with Gasteiger partial charge in [0.25, 0.3) is 0 Å². The number of rotatable bonds is 1. The first-order valence-corrected chi connectivity index (χ1v) is 4.22. The van der Waals surface area contributed by atoms with Crippen LogP contribution in [-0.2, 0) is 0 Å². The van der Waals surface area contributed by atoms with Gasteiger partial charge in [0.15, 0.2) is 0 Å². The molecule has 1 rings (SSSR count). The summed E-state index contributed by atoms with van der Waals surface area (Å²) in [6, 6.07) is 5.65. The molecule has 0 aliphatic carbocycles.